The average molecular weight is 170 g/mol. The van der Waals surface area contributed by atoms with Crippen LogP contribution in [0, 0.1) is 0 Å². The van der Waals surface area contributed by atoms with Crippen LogP contribution >= 0.6 is 7.82 Å². The predicted octanol–water partition coefficient (Wildman–Crippen LogP) is -3.21. The van der Waals surface area contributed by atoms with Gasteiger partial charge in [0.2, 0.25) is 0 Å². The Kier molecular flexibility index (Phi) is 12.6. The van der Waals surface area contributed by atoms with Gasteiger partial charge in [0.05, 0.1) is 0 Å². The van der Waals surface area contributed by atoms with E-state index in [4.69, 9.17) is 19.2 Å². The molecule has 7 heteroatoms. The van der Waals surface area contributed by atoms with Crippen molar-refractivity contribution < 1.29 is 37.8 Å². The van der Waals surface area contributed by atoms with Crippen molar-refractivity contribution >= 4 is 30.9 Å². The van der Waals surface area contributed by atoms with Crippen LogP contribution in [-0.2, 0) is 23.1 Å². The SMILES string of the molecule is O=P([O-])([O-])[O-].[Mg+2].[V]. The molecule has 0 bridgehead atoms. The molecular formula is MgO4PV-. The first-order valence-electron chi connectivity index (χ1n) is 0.730. The molecule has 0 unspecified atom stereocenters. The van der Waals surface area contributed by atoms with E-state index in [1.54, 1.807) is 0 Å². The summed E-state index contributed by atoms with van der Waals surface area (Å²) in [6.07, 6.45) is 0. The molecule has 0 fully saturated rings. The van der Waals surface area contributed by atoms with Gasteiger partial charge in [0.15, 0.2) is 0 Å². The van der Waals surface area contributed by atoms with Crippen molar-refractivity contribution in [1.82, 2.24) is 0 Å². The molecule has 0 aliphatic carbocycles. The molecule has 0 aromatic heterocycles. The monoisotopic (exact) mass is 170 g/mol. The summed E-state index contributed by atoms with van der Waals surface area (Å²) < 4.78 is 8.55. The Balaban J connectivity index is -0.0000000800. The largest absolute Gasteiger partial charge is 2.00 e. The fraction of sp³-hybridized carbons (Fsp3) is 0. The minimum Gasteiger partial charge on any atom is -0.822 e. The third-order valence-electron chi connectivity index (χ3n) is 0. The van der Waals surface area contributed by atoms with Crippen LogP contribution in [0.1, 0.15) is 0 Å². The molecule has 0 atom stereocenters. The molecule has 0 heterocycles. The van der Waals surface area contributed by atoms with Crippen molar-refractivity contribution in [3.63, 3.8) is 0 Å². The molecular weight excluding hydrogens is 170 g/mol. The first-order chi connectivity index (χ1) is 2.00. The molecule has 0 rings (SSSR count). The van der Waals surface area contributed by atoms with Gasteiger partial charge in [-0.1, -0.05) is 0 Å². The van der Waals surface area contributed by atoms with Crippen molar-refractivity contribution in [2.24, 2.45) is 0 Å². The molecule has 0 aliphatic heterocycles. The molecule has 7 heavy (non-hydrogen) atoms. The van der Waals surface area contributed by atoms with Crippen LogP contribution in [0.3, 0.4) is 0 Å². The Bertz CT molecular complexity index is 57.8. The summed E-state index contributed by atoms with van der Waals surface area (Å²) in [5.41, 5.74) is 0. The smallest absolute Gasteiger partial charge is 0.822 e. The minimum absolute atomic E-state index is 0. The van der Waals surface area contributed by atoms with Crippen LogP contribution < -0.4 is 14.7 Å². The van der Waals surface area contributed by atoms with Gasteiger partial charge in [-0.15, -0.1) is 0 Å². The van der Waals surface area contributed by atoms with Crippen LogP contribution in [0.25, 0.3) is 0 Å². The minimum atomic E-state index is -5.39. The first kappa shape index (κ1) is 15.8. The third kappa shape index (κ3) is 104. The van der Waals surface area contributed by atoms with E-state index in [0.717, 1.165) is 0 Å². The third-order valence-corrected chi connectivity index (χ3v) is 0. The van der Waals surface area contributed by atoms with Crippen LogP contribution in [0.5, 0.6) is 0 Å². The van der Waals surface area contributed by atoms with Gasteiger partial charge in [0, 0.05) is 18.6 Å². The van der Waals surface area contributed by atoms with Gasteiger partial charge in [0.25, 0.3) is 0 Å². The fourth-order valence-corrected chi connectivity index (χ4v) is 0. The summed E-state index contributed by atoms with van der Waals surface area (Å²) in [6.45, 7) is 0. The molecule has 0 saturated heterocycles. The van der Waals surface area contributed by atoms with Gasteiger partial charge in [-0.25, -0.2) is 0 Å². The fourth-order valence-electron chi connectivity index (χ4n) is 0. The summed E-state index contributed by atoms with van der Waals surface area (Å²) in [6, 6.07) is 0. The molecule has 0 amide bonds. The molecule has 0 aromatic rings. The van der Waals surface area contributed by atoms with Gasteiger partial charge in [0.1, 0.15) is 0 Å². The van der Waals surface area contributed by atoms with E-state index < -0.39 is 7.82 Å². The first-order valence-corrected chi connectivity index (χ1v) is 2.19. The molecule has 0 spiro atoms. The Morgan fingerprint density at radius 3 is 1.14 bits per heavy atom. The van der Waals surface area contributed by atoms with E-state index in [0.29, 0.717) is 0 Å². The Hall–Kier alpha value is 1.46. The van der Waals surface area contributed by atoms with Crippen LogP contribution in [-0.4, -0.2) is 23.1 Å². The van der Waals surface area contributed by atoms with Gasteiger partial charge < -0.3 is 19.2 Å². The zero-order valence-corrected chi connectivity index (χ0v) is 6.94. The Labute approximate surface area is 68.6 Å². The second-order valence-electron chi connectivity index (χ2n) is 0.447. The molecule has 4 nitrogen and oxygen atoms in total. The summed E-state index contributed by atoms with van der Waals surface area (Å²) in [4.78, 5) is 25.6. The predicted molar refractivity (Wildman–Crippen MR) is 13.4 cm³/mol. The number of hydrogen-bond acceptors (Lipinski definition) is 4. The normalized spacial score (nSPS) is 8.43. The van der Waals surface area contributed by atoms with E-state index in [1.807, 2.05) is 0 Å². The van der Waals surface area contributed by atoms with Gasteiger partial charge in [-0.2, -0.15) is 7.82 Å². The van der Waals surface area contributed by atoms with Crippen molar-refractivity contribution in [3.05, 3.63) is 0 Å². The van der Waals surface area contributed by atoms with Gasteiger partial charge in [-0.3, -0.25) is 0 Å². The number of phosphoric acid groups is 1. The van der Waals surface area contributed by atoms with E-state index in [9.17, 15) is 0 Å². The van der Waals surface area contributed by atoms with Crippen molar-refractivity contribution in [2.45, 2.75) is 0 Å². The van der Waals surface area contributed by atoms with E-state index in [2.05, 4.69) is 0 Å². The molecule has 0 aromatic carbocycles. The van der Waals surface area contributed by atoms with Crippen LogP contribution in [0.4, 0.5) is 0 Å². The zero-order chi connectivity index (χ0) is 4.50. The standard InChI is InChI=1S/Mg.H3O4P.V/c;1-5(2,3)4;/h;(H3,1,2,3,4);/q+2;;/p-3. The maximum Gasteiger partial charge on any atom is 2.00 e. The van der Waals surface area contributed by atoms with Crippen molar-refractivity contribution in [3.8, 4) is 0 Å². The van der Waals surface area contributed by atoms with Crippen molar-refractivity contribution in [2.75, 3.05) is 0 Å². The van der Waals surface area contributed by atoms with E-state index >= 15 is 0 Å². The quantitative estimate of drug-likeness (QED) is 0.283. The second kappa shape index (κ2) is 5.59. The summed E-state index contributed by atoms with van der Waals surface area (Å²) >= 11 is 0. The zero-order valence-electron chi connectivity index (χ0n) is 3.23. The summed E-state index contributed by atoms with van der Waals surface area (Å²) in [7, 11) is -5.39. The maximum atomic E-state index is 8.55. The topological polar surface area (TPSA) is 86.2 Å². The second-order valence-corrected chi connectivity index (χ2v) is 1.34. The van der Waals surface area contributed by atoms with Gasteiger partial charge >= 0.3 is 23.1 Å². The molecule has 1 radical (unpaired) electrons. The molecule has 0 aliphatic rings. The summed E-state index contributed by atoms with van der Waals surface area (Å²) in [5.74, 6) is 0. The molecule has 37 valence electrons. The average Bonchev–Trinajstić information content (AvgIpc) is 0.722. The summed E-state index contributed by atoms with van der Waals surface area (Å²) in [5, 5.41) is 0. The van der Waals surface area contributed by atoms with Gasteiger partial charge in [-0.05, 0) is 0 Å². The van der Waals surface area contributed by atoms with E-state index in [1.165, 1.54) is 0 Å². The Morgan fingerprint density at radius 1 is 1.14 bits per heavy atom. The van der Waals surface area contributed by atoms with Crippen LogP contribution in [0.2, 0.25) is 0 Å². The number of rotatable bonds is 0. The Morgan fingerprint density at radius 2 is 1.14 bits per heavy atom. The van der Waals surface area contributed by atoms with Crippen LogP contribution in [0.15, 0.2) is 0 Å². The molecule has 0 saturated carbocycles. The number of hydrogen-bond donors (Lipinski definition) is 0. The van der Waals surface area contributed by atoms with E-state index in [-0.39, 0.29) is 41.6 Å². The maximum absolute atomic E-state index is 8.55. The molecule has 0 N–H and O–H groups in total. The van der Waals surface area contributed by atoms with Crippen molar-refractivity contribution in [1.29, 1.82) is 0 Å².